The number of nitrogens with zero attached hydrogens (tertiary/aromatic N) is 1. The lowest BCUT2D eigenvalue weighted by Gasteiger charge is -2.08. The van der Waals surface area contributed by atoms with Gasteiger partial charge in [0.25, 0.3) is 0 Å². The Morgan fingerprint density at radius 2 is 2.00 bits per heavy atom. The largest absolute Gasteiger partial charge is 0.198 e. The van der Waals surface area contributed by atoms with E-state index in [1.54, 1.807) is 0 Å². The smallest absolute Gasteiger partial charge is 0.0655 e. The van der Waals surface area contributed by atoms with Crippen LogP contribution in [0.3, 0.4) is 0 Å². The highest BCUT2D eigenvalue weighted by atomic mass is 14.3. The molecule has 0 bridgehead atoms. The van der Waals surface area contributed by atoms with Crippen LogP contribution in [-0.4, -0.2) is 0 Å². The van der Waals surface area contributed by atoms with E-state index in [2.05, 4.69) is 26.8 Å². The second-order valence-corrected chi connectivity index (χ2v) is 3.24. The van der Waals surface area contributed by atoms with Crippen molar-refractivity contribution in [3.63, 3.8) is 0 Å². The van der Waals surface area contributed by atoms with Gasteiger partial charge in [0.15, 0.2) is 0 Å². The van der Waals surface area contributed by atoms with Gasteiger partial charge in [-0.1, -0.05) is 27.2 Å². The Kier molecular flexibility index (Phi) is 5.02. The van der Waals surface area contributed by atoms with Crippen molar-refractivity contribution in [2.75, 3.05) is 0 Å². The second-order valence-electron chi connectivity index (χ2n) is 3.24. The summed E-state index contributed by atoms with van der Waals surface area (Å²) in [6.45, 7) is 6.46. The van der Waals surface area contributed by atoms with Gasteiger partial charge in [-0.15, -0.1) is 0 Å². The van der Waals surface area contributed by atoms with E-state index in [0.717, 1.165) is 19.3 Å². The number of nitriles is 1. The zero-order valence-electron chi connectivity index (χ0n) is 7.22. The molecule has 0 spiro atoms. The van der Waals surface area contributed by atoms with Gasteiger partial charge in [0.2, 0.25) is 0 Å². The highest BCUT2D eigenvalue weighted by molar-refractivity contribution is 4.82. The molecule has 0 saturated carbocycles. The Labute approximate surface area is 64.1 Å². The zero-order valence-corrected chi connectivity index (χ0v) is 7.22. The molecule has 10 heavy (non-hydrogen) atoms. The molecule has 0 saturated heterocycles. The normalized spacial score (nSPS) is 13.1. The van der Waals surface area contributed by atoms with Gasteiger partial charge < -0.3 is 0 Å². The molecular formula is C9H17N. The molecule has 0 rings (SSSR count). The third-order valence-corrected chi connectivity index (χ3v) is 1.58. The highest BCUT2D eigenvalue weighted by Crippen LogP contribution is 2.15. The minimum atomic E-state index is 0.296. The van der Waals surface area contributed by atoms with E-state index in [9.17, 15) is 0 Å². The van der Waals surface area contributed by atoms with Crippen LogP contribution in [0, 0.1) is 23.2 Å². The van der Waals surface area contributed by atoms with Crippen molar-refractivity contribution in [3.05, 3.63) is 0 Å². The van der Waals surface area contributed by atoms with Crippen LogP contribution in [0.1, 0.15) is 40.0 Å². The number of rotatable bonds is 4. The summed E-state index contributed by atoms with van der Waals surface area (Å²) < 4.78 is 0. The van der Waals surface area contributed by atoms with Crippen LogP contribution in [0.15, 0.2) is 0 Å². The molecule has 1 nitrogen and oxygen atoms in total. The van der Waals surface area contributed by atoms with Gasteiger partial charge in [0.1, 0.15) is 0 Å². The standard InChI is InChI=1S/C9H17N/c1-4-5-9(7-10)6-8(2)3/h8-9H,4-6H2,1-3H3. The fraction of sp³-hybridized carbons (Fsp3) is 0.889. The first kappa shape index (κ1) is 9.49. The number of hydrogen-bond acceptors (Lipinski definition) is 1. The van der Waals surface area contributed by atoms with Crippen LogP contribution >= 0.6 is 0 Å². The third-order valence-electron chi connectivity index (χ3n) is 1.58. The van der Waals surface area contributed by atoms with Gasteiger partial charge in [-0.2, -0.15) is 5.26 Å². The lowest BCUT2D eigenvalue weighted by Crippen LogP contribution is -2.00. The summed E-state index contributed by atoms with van der Waals surface area (Å²) in [5.41, 5.74) is 0. The molecule has 0 amide bonds. The summed E-state index contributed by atoms with van der Waals surface area (Å²) in [5, 5.41) is 8.66. The first-order valence-electron chi connectivity index (χ1n) is 4.10. The molecule has 0 aliphatic carbocycles. The van der Waals surface area contributed by atoms with Crippen LogP contribution in [0.5, 0.6) is 0 Å². The third kappa shape index (κ3) is 4.38. The average Bonchev–Trinajstić information content (AvgIpc) is 1.86. The SMILES string of the molecule is CCCC(C#N)CC(C)C. The van der Waals surface area contributed by atoms with E-state index in [-0.39, 0.29) is 0 Å². The molecule has 0 heterocycles. The summed E-state index contributed by atoms with van der Waals surface area (Å²) in [4.78, 5) is 0. The maximum Gasteiger partial charge on any atom is 0.0655 e. The van der Waals surface area contributed by atoms with Crippen LogP contribution in [0.25, 0.3) is 0 Å². The van der Waals surface area contributed by atoms with Crippen LogP contribution in [-0.2, 0) is 0 Å². The van der Waals surface area contributed by atoms with Crippen LogP contribution < -0.4 is 0 Å². The summed E-state index contributed by atoms with van der Waals surface area (Å²) in [7, 11) is 0. The van der Waals surface area contributed by atoms with Gasteiger partial charge in [0, 0.05) is 5.92 Å². The molecule has 1 unspecified atom stereocenters. The molecule has 0 N–H and O–H groups in total. The minimum Gasteiger partial charge on any atom is -0.198 e. The first-order chi connectivity index (χ1) is 4.70. The Balaban J connectivity index is 3.52. The monoisotopic (exact) mass is 139 g/mol. The van der Waals surface area contributed by atoms with E-state index in [4.69, 9.17) is 5.26 Å². The summed E-state index contributed by atoms with van der Waals surface area (Å²) in [6, 6.07) is 2.33. The summed E-state index contributed by atoms with van der Waals surface area (Å²) in [6.07, 6.45) is 3.25. The van der Waals surface area contributed by atoms with E-state index < -0.39 is 0 Å². The Morgan fingerprint density at radius 3 is 2.30 bits per heavy atom. The lowest BCUT2D eigenvalue weighted by atomic mass is 9.95. The minimum absolute atomic E-state index is 0.296. The van der Waals surface area contributed by atoms with Crippen molar-refractivity contribution in [2.24, 2.45) is 11.8 Å². The van der Waals surface area contributed by atoms with Gasteiger partial charge in [-0.05, 0) is 18.8 Å². The average molecular weight is 139 g/mol. The molecular weight excluding hydrogens is 122 g/mol. The molecule has 1 atom stereocenters. The topological polar surface area (TPSA) is 23.8 Å². The molecule has 0 aliphatic rings. The van der Waals surface area contributed by atoms with Gasteiger partial charge >= 0.3 is 0 Å². The van der Waals surface area contributed by atoms with Gasteiger partial charge in [0.05, 0.1) is 6.07 Å². The van der Waals surface area contributed by atoms with Crippen LogP contribution in [0.4, 0.5) is 0 Å². The fourth-order valence-corrected chi connectivity index (χ4v) is 1.15. The molecule has 0 fully saturated rings. The van der Waals surface area contributed by atoms with Gasteiger partial charge in [-0.25, -0.2) is 0 Å². The Bertz CT molecular complexity index is 110. The molecule has 0 aromatic rings. The van der Waals surface area contributed by atoms with Crippen molar-refractivity contribution >= 4 is 0 Å². The fourth-order valence-electron chi connectivity index (χ4n) is 1.15. The van der Waals surface area contributed by atoms with Gasteiger partial charge in [-0.3, -0.25) is 0 Å². The molecule has 0 aliphatic heterocycles. The van der Waals surface area contributed by atoms with Crippen molar-refractivity contribution in [2.45, 2.75) is 40.0 Å². The van der Waals surface area contributed by atoms with E-state index in [0.29, 0.717) is 11.8 Å². The molecule has 0 radical (unpaired) electrons. The quantitative estimate of drug-likeness (QED) is 0.587. The second kappa shape index (κ2) is 5.29. The van der Waals surface area contributed by atoms with E-state index in [1.807, 2.05) is 0 Å². The predicted molar refractivity (Wildman–Crippen MR) is 43.5 cm³/mol. The van der Waals surface area contributed by atoms with E-state index >= 15 is 0 Å². The first-order valence-corrected chi connectivity index (χ1v) is 4.10. The maximum absolute atomic E-state index is 8.66. The van der Waals surface area contributed by atoms with E-state index in [1.165, 1.54) is 0 Å². The van der Waals surface area contributed by atoms with Crippen molar-refractivity contribution < 1.29 is 0 Å². The van der Waals surface area contributed by atoms with Crippen molar-refractivity contribution in [1.82, 2.24) is 0 Å². The number of hydrogen-bond donors (Lipinski definition) is 0. The zero-order chi connectivity index (χ0) is 7.98. The predicted octanol–water partition coefficient (Wildman–Crippen LogP) is 2.97. The molecule has 0 aromatic carbocycles. The molecule has 0 aromatic heterocycles. The summed E-state index contributed by atoms with van der Waals surface area (Å²) >= 11 is 0. The molecule has 58 valence electrons. The van der Waals surface area contributed by atoms with Crippen molar-refractivity contribution in [3.8, 4) is 6.07 Å². The van der Waals surface area contributed by atoms with Crippen LogP contribution in [0.2, 0.25) is 0 Å². The lowest BCUT2D eigenvalue weighted by molar-refractivity contribution is 0.456. The Morgan fingerprint density at radius 1 is 1.40 bits per heavy atom. The highest BCUT2D eigenvalue weighted by Gasteiger charge is 2.07. The molecule has 1 heteroatoms. The summed E-state index contributed by atoms with van der Waals surface area (Å²) in [5.74, 6) is 0.959. The Hall–Kier alpha value is -0.510. The van der Waals surface area contributed by atoms with Crippen molar-refractivity contribution in [1.29, 1.82) is 5.26 Å². The maximum atomic E-state index is 8.66.